The molecule has 2 aromatic rings. The summed E-state index contributed by atoms with van der Waals surface area (Å²) in [6.07, 6.45) is 3.83. The second kappa shape index (κ2) is 5.22. The Labute approximate surface area is 116 Å². The zero-order valence-corrected chi connectivity index (χ0v) is 11.9. The number of hydrogen-bond donors (Lipinski definition) is 1. The monoisotopic (exact) mass is 299 g/mol. The van der Waals surface area contributed by atoms with E-state index < -0.39 is 9.84 Å². The van der Waals surface area contributed by atoms with Gasteiger partial charge in [0.15, 0.2) is 9.84 Å². The Bertz CT molecular complexity index is 695. The van der Waals surface area contributed by atoms with Gasteiger partial charge in [0, 0.05) is 18.3 Å². The van der Waals surface area contributed by atoms with Crippen LogP contribution in [0.5, 0.6) is 0 Å². The van der Waals surface area contributed by atoms with Crippen molar-refractivity contribution in [1.82, 2.24) is 9.78 Å². The third-order valence-corrected chi connectivity index (χ3v) is 4.73. The van der Waals surface area contributed by atoms with Gasteiger partial charge in [0.05, 0.1) is 22.5 Å². The minimum absolute atomic E-state index is 0.0246. The molecule has 0 spiro atoms. The zero-order chi connectivity index (χ0) is 14.0. The van der Waals surface area contributed by atoms with Gasteiger partial charge >= 0.3 is 0 Å². The standard InChI is InChI=1S/C12H14ClN3O2S/c1-16-8-9(7-15-16)4-5-19(17,18)12-6-10(13)2-3-11(12)14/h2-3,6-8H,4-5,14H2,1H3. The number of sulfone groups is 1. The van der Waals surface area contributed by atoms with E-state index in [0.717, 1.165) is 5.56 Å². The molecule has 2 N–H and O–H groups in total. The highest BCUT2D eigenvalue weighted by molar-refractivity contribution is 7.91. The van der Waals surface area contributed by atoms with E-state index >= 15 is 0 Å². The zero-order valence-electron chi connectivity index (χ0n) is 10.4. The van der Waals surface area contributed by atoms with Gasteiger partial charge in [-0.05, 0) is 30.2 Å². The van der Waals surface area contributed by atoms with E-state index in [9.17, 15) is 8.42 Å². The van der Waals surface area contributed by atoms with Gasteiger partial charge in [-0.2, -0.15) is 5.10 Å². The second-order valence-electron chi connectivity index (χ2n) is 4.27. The van der Waals surface area contributed by atoms with Crippen LogP contribution in [-0.4, -0.2) is 24.0 Å². The number of halogens is 1. The highest BCUT2D eigenvalue weighted by atomic mass is 35.5. The van der Waals surface area contributed by atoms with Crippen molar-refractivity contribution in [2.24, 2.45) is 7.05 Å². The van der Waals surface area contributed by atoms with Crippen LogP contribution in [0.4, 0.5) is 5.69 Å². The van der Waals surface area contributed by atoms with Crippen molar-refractivity contribution in [2.75, 3.05) is 11.5 Å². The van der Waals surface area contributed by atoms with Gasteiger partial charge in [0.25, 0.3) is 0 Å². The number of benzene rings is 1. The van der Waals surface area contributed by atoms with Gasteiger partial charge in [0.2, 0.25) is 0 Å². The number of nitrogens with zero attached hydrogens (tertiary/aromatic N) is 2. The van der Waals surface area contributed by atoms with Gasteiger partial charge in [-0.15, -0.1) is 0 Å². The van der Waals surface area contributed by atoms with Crippen LogP contribution in [0, 0.1) is 0 Å². The first-order chi connectivity index (χ1) is 8.88. The van der Waals surface area contributed by atoms with Crippen molar-refractivity contribution in [3.63, 3.8) is 0 Å². The molecular formula is C12H14ClN3O2S. The fraction of sp³-hybridized carbons (Fsp3) is 0.250. The molecule has 1 heterocycles. The van der Waals surface area contributed by atoms with Crippen molar-refractivity contribution >= 4 is 27.1 Å². The van der Waals surface area contributed by atoms with Crippen molar-refractivity contribution < 1.29 is 8.42 Å². The lowest BCUT2D eigenvalue weighted by Crippen LogP contribution is -2.11. The van der Waals surface area contributed by atoms with E-state index in [4.69, 9.17) is 17.3 Å². The maximum Gasteiger partial charge on any atom is 0.180 e. The summed E-state index contributed by atoms with van der Waals surface area (Å²) in [4.78, 5) is 0.0869. The molecule has 0 aliphatic rings. The minimum Gasteiger partial charge on any atom is -0.398 e. The molecule has 1 aromatic carbocycles. The number of aryl methyl sites for hydroxylation is 2. The predicted octanol–water partition coefficient (Wildman–Crippen LogP) is 1.67. The molecule has 0 saturated heterocycles. The molecule has 0 unspecified atom stereocenters. The summed E-state index contributed by atoms with van der Waals surface area (Å²) in [5, 5.41) is 4.35. The molecule has 19 heavy (non-hydrogen) atoms. The van der Waals surface area contributed by atoms with Crippen molar-refractivity contribution in [3.05, 3.63) is 41.2 Å². The minimum atomic E-state index is -3.45. The van der Waals surface area contributed by atoms with Crippen LogP contribution in [0.3, 0.4) is 0 Å². The van der Waals surface area contributed by atoms with E-state index in [0.29, 0.717) is 11.4 Å². The maximum atomic E-state index is 12.2. The Kier molecular flexibility index (Phi) is 3.82. The molecule has 5 nitrogen and oxygen atoms in total. The van der Waals surface area contributed by atoms with Crippen molar-refractivity contribution in [3.8, 4) is 0 Å². The molecule has 0 aliphatic heterocycles. The third-order valence-electron chi connectivity index (χ3n) is 2.73. The molecule has 0 amide bonds. The van der Waals surface area contributed by atoms with Gasteiger partial charge in [-0.3, -0.25) is 4.68 Å². The van der Waals surface area contributed by atoms with E-state index in [1.165, 1.54) is 12.1 Å². The van der Waals surface area contributed by atoms with Crippen molar-refractivity contribution in [1.29, 1.82) is 0 Å². The third kappa shape index (κ3) is 3.27. The first kappa shape index (κ1) is 13.9. The summed E-state index contributed by atoms with van der Waals surface area (Å²) in [5.41, 5.74) is 6.78. The molecule has 2 rings (SSSR count). The smallest absolute Gasteiger partial charge is 0.180 e. The number of rotatable bonds is 4. The summed E-state index contributed by atoms with van der Waals surface area (Å²) in [7, 11) is -1.66. The average molecular weight is 300 g/mol. The molecule has 7 heteroatoms. The van der Waals surface area contributed by atoms with Gasteiger partial charge in [-0.25, -0.2) is 8.42 Å². The van der Waals surface area contributed by atoms with Crippen LogP contribution >= 0.6 is 11.6 Å². The first-order valence-corrected chi connectivity index (χ1v) is 7.67. The lowest BCUT2D eigenvalue weighted by molar-refractivity contribution is 0.595. The summed E-state index contributed by atoms with van der Waals surface area (Å²) < 4.78 is 26.1. The summed E-state index contributed by atoms with van der Waals surface area (Å²) >= 11 is 5.81. The largest absolute Gasteiger partial charge is 0.398 e. The van der Waals surface area contributed by atoms with Crippen molar-refractivity contribution in [2.45, 2.75) is 11.3 Å². The number of nitrogen functional groups attached to an aromatic ring is 1. The first-order valence-electron chi connectivity index (χ1n) is 5.64. The lowest BCUT2D eigenvalue weighted by atomic mass is 10.3. The number of nitrogens with two attached hydrogens (primary N) is 1. The highest BCUT2D eigenvalue weighted by Gasteiger charge is 2.18. The molecule has 0 aliphatic carbocycles. The molecule has 0 bridgehead atoms. The summed E-state index contributed by atoms with van der Waals surface area (Å²) in [6.45, 7) is 0. The van der Waals surface area contributed by atoms with Gasteiger partial charge in [0.1, 0.15) is 0 Å². The fourth-order valence-corrected chi connectivity index (χ4v) is 3.44. The van der Waals surface area contributed by atoms with Crippen LogP contribution in [0.15, 0.2) is 35.5 Å². The number of anilines is 1. The SMILES string of the molecule is Cn1cc(CCS(=O)(=O)c2cc(Cl)ccc2N)cn1. The van der Waals surface area contributed by atoms with E-state index in [2.05, 4.69) is 5.10 Å². The normalized spacial score (nSPS) is 11.7. The van der Waals surface area contributed by atoms with Gasteiger partial charge < -0.3 is 5.73 Å². The van der Waals surface area contributed by atoms with Crippen LogP contribution in [0.2, 0.25) is 5.02 Å². The molecule has 0 saturated carbocycles. The van der Waals surface area contributed by atoms with E-state index in [1.54, 1.807) is 30.2 Å². The van der Waals surface area contributed by atoms with Crippen LogP contribution < -0.4 is 5.73 Å². The maximum absolute atomic E-state index is 12.2. The Morgan fingerprint density at radius 1 is 1.42 bits per heavy atom. The van der Waals surface area contributed by atoms with Crippen LogP contribution in [0.1, 0.15) is 5.56 Å². The molecule has 0 atom stereocenters. The Morgan fingerprint density at radius 2 is 2.16 bits per heavy atom. The molecule has 0 radical (unpaired) electrons. The molecule has 102 valence electrons. The molecule has 1 aromatic heterocycles. The molecular weight excluding hydrogens is 286 g/mol. The van der Waals surface area contributed by atoms with Crippen LogP contribution in [0.25, 0.3) is 0 Å². The van der Waals surface area contributed by atoms with E-state index in [1.807, 2.05) is 0 Å². The van der Waals surface area contributed by atoms with Crippen LogP contribution in [-0.2, 0) is 23.3 Å². The Balaban J connectivity index is 2.20. The highest BCUT2D eigenvalue weighted by Crippen LogP contribution is 2.24. The van der Waals surface area contributed by atoms with E-state index in [-0.39, 0.29) is 16.3 Å². The second-order valence-corrected chi connectivity index (χ2v) is 6.79. The average Bonchev–Trinajstić information content (AvgIpc) is 2.76. The number of aromatic nitrogens is 2. The Hall–Kier alpha value is -1.53. The molecule has 0 fully saturated rings. The lowest BCUT2D eigenvalue weighted by Gasteiger charge is -2.07. The summed E-state index contributed by atoms with van der Waals surface area (Å²) in [6, 6.07) is 4.45. The number of hydrogen-bond acceptors (Lipinski definition) is 4. The fourth-order valence-electron chi connectivity index (χ4n) is 1.74. The topological polar surface area (TPSA) is 78.0 Å². The predicted molar refractivity (Wildman–Crippen MR) is 74.8 cm³/mol. The summed E-state index contributed by atoms with van der Waals surface area (Å²) in [5.74, 6) is -0.0246. The Morgan fingerprint density at radius 3 is 2.79 bits per heavy atom. The quantitative estimate of drug-likeness (QED) is 0.871. The van der Waals surface area contributed by atoms with Gasteiger partial charge in [-0.1, -0.05) is 11.6 Å².